The number of hydrogen-bond acceptors (Lipinski definition) is 4. The molecule has 1 N–H and O–H groups in total. The van der Waals surface area contributed by atoms with Crippen LogP contribution in [-0.4, -0.2) is 24.6 Å². The molecule has 0 radical (unpaired) electrons. The largest absolute Gasteiger partial charge is 0.412 e. The number of rotatable bonds is 3. The van der Waals surface area contributed by atoms with E-state index >= 15 is 0 Å². The van der Waals surface area contributed by atoms with E-state index in [0.717, 1.165) is 0 Å². The molecule has 6 heteroatoms. The van der Waals surface area contributed by atoms with Gasteiger partial charge in [-0.2, -0.15) is 8.42 Å². The first-order chi connectivity index (χ1) is 8.02. The standard InChI is InChI=1S/C11H13NO4S/c1-2-12-11(8-9-16-12,17(13,14)15)10-6-4-3-5-7-10/h3-9H,2H2,1H3,(H,13,14,15). The van der Waals surface area contributed by atoms with E-state index in [9.17, 15) is 13.0 Å². The number of benzene rings is 1. The van der Waals surface area contributed by atoms with Crippen LogP contribution in [0.2, 0.25) is 0 Å². The first kappa shape index (κ1) is 12.1. The van der Waals surface area contributed by atoms with Crippen LogP contribution in [0.25, 0.3) is 0 Å². The summed E-state index contributed by atoms with van der Waals surface area (Å²) in [7, 11) is -4.36. The third-order valence-electron chi connectivity index (χ3n) is 2.72. The quantitative estimate of drug-likeness (QED) is 0.829. The van der Waals surface area contributed by atoms with Crippen molar-refractivity contribution in [1.29, 1.82) is 0 Å². The minimum atomic E-state index is -4.36. The van der Waals surface area contributed by atoms with E-state index in [4.69, 9.17) is 4.84 Å². The Morgan fingerprint density at radius 2 is 2.00 bits per heavy atom. The van der Waals surface area contributed by atoms with Gasteiger partial charge in [0.05, 0.1) is 0 Å². The van der Waals surface area contributed by atoms with E-state index in [0.29, 0.717) is 12.1 Å². The fourth-order valence-electron chi connectivity index (χ4n) is 1.95. The van der Waals surface area contributed by atoms with Crippen LogP contribution in [0.5, 0.6) is 0 Å². The molecule has 1 atom stereocenters. The van der Waals surface area contributed by atoms with Crippen LogP contribution in [-0.2, 0) is 19.8 Å². The Balaban J connectivity index is 2.65. The van der Waals surface area contributed by atoms with Crippen molar-refractivity contribution in [3.63, 3.8) is 0 Å². The van der Waals surface area contributed by atoms with Gasteiger partial charge < -0.3 is 4.84 Å². The molecule has 5 nitrogen and oxygen atoms in total. The summed E-state index contributed by atoms with van der Waals surface area (Å²) >= 11 is 0. The molecule has 1 heterocycles. The zero-order chi connectivity index (χ0) is 12.5. The van der Waals surface area contributed by atoms with Gasteiger partial charge in [0.15, 0.2) is 0 Å². The molecule has 1 aromatic carbocycles. The van der Waals surface area contributed by atoms with E-state index in [1.54, 1.807) is 37.3 Å². The highest BCUT2D eigenvalue weighted by Gasteiger charge is 2.51. The Labute approximate surface area is 100 Å². The Morgan fingerprint density at radius 3 is 2.53 bits per heavy atom. The fraction of sp³-hybridized carbons (Fsp3) is 0.273. The number of nitrogens with zero attached hydrogens (tertiary/aromatic N) is 1. The van der Waals surface area contributed by atoms with Gasteiger partial charge in [-0.25, -0.2) is 0 Å². The molecular weight excluding hydrogens is 242 g/mol. The number of hydroxylamine groups is 2. The third kappa shape index (κ3) is 1.74. The van der Waals surface area contributed by atoms with E-state index in [1.165, 1.54) is 17.4 Å². The van der Waals surface area contributed by atoms with E-state index in [2.05, 4.69) is 0 Å². The first-order valence-corrected chi connectivity index (χ1v) is 6.61. The summed E-state index contributed by atoms with van der Waals surface area (Å²) in [5.74, 6) is 0. The average molecular weight is 255 g/mol. The monoisotopic (exact) mass is 255 g/mol. The topological polar surface area (TPSA) is 66.8 Å². The van der Waals surface area contributed by atoms with Crippen LogP contribution in [0.1, 0.15) is 12.5 Å². The van der Waals surface area contributed by atoms with Crippen LogP contribution in [0.15, 0.2) is 42.7 Å². The zero-order valence-electron chi connectivity index (χ0n) is 9.28. The molecule has 0 saturated carbocycles. The summed E-state index contributed by atoms with van der Waals surface area (Å²) in [6, 6.07) is 8.46. The highest BCUT2D eigenvalue weighted by Crippen LogP contribution is 2.39. The highest BCUT2D eigenvalue weighted by molar-refractivity contribution is 7.87. The van der Waals surface area contributed by atoms with Crippen molar-refractivity contribution in [2.24, 2.45) is 0 Å². The summed E-state index contributed by atoms with van der Waals surface area (Å²) in [5, 5.41) is 1.22. The van der Waals surface area contributed by atoms with Crippen molar-refractivity contribution in [3.8, 4) is 0 Å². The van der Waals surface area contributed by atoms with Crippen LogP contribution in [0.4, 0.5) is 0 Å². The maximum absolute atomic E-state index is 11.7. The number of hydrogen-bond donors (Lipinski definition) is 1. The van der Waals surface area contributed by atoms with Crippen LogP contribution < -0.4 is 0 Å². The lowest BCUT2D eigenvalue weighted by atomic mass is 10.1. The van der Waals surface area contributed by atoms with Crippen molar-refractivity contribution in [3.05, 3.63) is 48.2 Å². The molecule has 0 spiro atoms. The van der Waals surface area contributed by atoms with Gasteiger partial charge in [0, 0.05) is 6.54 Å². The normalized spacial score (nSPS) is 24.8. The Morgan fingerprint density at radius 1 is 1.35 bits per heavy atom. The van der Waals surface area contributed by atoms with Crippen molar-refractivity contribution >= 4 is 10.1 Å². The second-order valence-corrected chi connectivity index (χ2v) is 5.21. The predicted molar refractivity (Wildman–Crippen MR) is 62.3 cm³/mol. The maximum Gasteiger partial charge on any atom is 0.295 e. The summed E-state index contributed by atoms with van der Waals surface area (Å²) in [6.45, 7) is 2.07. The van der Waals surface area contributed by atoms with Crippen molar-refractivity contribution in [1.82, 2.24) is 5.06 Å². The van der Waals surface area contributed by atoms with Crippen LogP contribution in [0, 0.1) is 0 Å². The second-order valence-electron chi connectivity index (χ2n) is 3.64. The van der Waals surface area contributed by atoms with Gasteiger partial charge in [-0.1, -0.05) is 30.3 Å². The van der Waals surface area contributed by atoms with E-state index < -0.39 is 15.0 Å². The van der Waals surface area contributed by atoms with Gasteiger partial charge in [0.1, 0.15) is 6.26 Å². The van der Waals surface area contributed by atoms with Crippen molar-refractivity contribution in [2.75, 3.05) is 6.54 Å². The molecule has 1 aliphatic heterocycles. The third-order valence-corrected chi connectivity index (χ3v) is 4.08. The minimum absolute atomic E-state index is 0.321. The maximum atomic E-state index is 11.7. The number of likely N-dealkylation sites (N-methyl/N-ethyl adjacent to an activating group) is 1. The lowest BCUT2D eigenvalue weighted by Crippen LogP contribution is -2.46. The second kappa shape index (κ2) is 4.14. The minimum Gasteiger partial charge on any atom is -0.412 e. The molecule has 0 bridgehead atoms. The van der Waals surface area contributed by atoms with E-state index in [-0.39, 0.29) is 0 Å². The highest BCUT2D eigenvalue weighted by atomic mass is 32.2. The molecule has 0 saturated heterocycles. The Kier molecular flexibility index (Phi) is 2.94. The van der Waals surface area contributed by atoms with Gasteiger partial charge in [0.2, 0.25) is 4.87 Å². The van der Waals surface area contributed by atoms with Gasteiger partial charge in [-0.15, -0.1) is 5.06 Å². The summed E-state index contributed by atoms with van der Waals surface area (Å²) in [6.07, 6.45) is 2.60. The van der Waals surface area contributed by atoms with Crippen LogP contribution in [0.3, 0.4) is 0 Å². The molecule has 92 valence electrons. The average Bonchev–Trinajstić information content (AvgIpc) is 2.74. The Hall–Kier alpha value is -1.37. The molecule has 0 amide bonds. The molecule has 0 aromatic heterocycles. The summed E-state index contributed by atoms with van der Waals surface area (Å²) in [5.41, 5.74) is 0.443. The molecule has 2 rings (SSSR count). The first-order valence-electron chi connectivity index (χ1n) is 5.17. The van der Waals surface area contributed by atoms with Gasteiger partial charge >= 0.3 is 0 Å². The lowest BCUT2D eigenvalue weighted by molar-refractivity contribution is -0.117. The smallest absolute Gasteiger partial charge is 0.295 e. The van der Waals surface area contributed by atoms with Crippen molar-refractivity contribution < 1.29 is 17.8 Å². The molecule has 1 aliphatic rings. The summed E-state index contributed by atoms with van der Waals surface area (Å²) in [4.78, 5) is 3.46. The Bertz CT molecular complexity index is 526. The van der Waals surface area contributed by atoms with Crippen LogP contribution >= 0.6 is 0 Å². The molecule has 0 fully saturated rings. The lowest BCUT2D eigenvalue weighted by Gasteiger charge is -2.32. The fourth-order valence-corrected chi connectivity index (χ4v) is 3.04. The van der Waals surface area contributed by atoms with E-state index in [1.807, 2.05) is 0 Å². The van der Waals surface area contributed by atoms with Gasteiger partial charge in [-0.05, 0) is 18.6 Å². The molecular formula is C11H13NO4S. The SMILES string of the molecule is CCN1OC=CC1(c1ccccc1)S(=O)(=O)O. The van der Waals surface area contributed by atoms with Gasteiger partial charge in [-0.3, -0.25) is 4.55 Å². The predicted octanol–water partition coefficient (Wildman–Crippen LogP) is 1.51. The van der Waals surface area contributed by atoms with Gasteiger partial charge in [0.25, 0.3) is 10.1 Å². The molecule has 0 aliphatic carbocycles. The van der Waals surface area contributed by atoms with Crippen molar-refractivity contribution in [2.45, 2.75) is 11.8 Å². The zero-order valence-corrected chi connectivity index (χ0v) is 10.1. The molecule has 17 heavy (non-hydrogen) atoms. The molecule has 1 unspecified atom stereocenters. The summed E-state index contributed by atoms with van der Waals surface area (Å²) < 4.78 is 32.9. The molecule has 1 aromatic rings.